The van der Waals surface area contributed by atoms with Gasteiger partial charge in [0.2, 0.25) is 23.4 Å². The third kappa shape index (κ3) is 10.5. The van der Waals surface area contributed by atoms with E-state index in [1.807, 2.05) is 58.9 Å². The number of nitrogens with zero attached hydrogens (tertiary/aromatic N) is 2. The summed E-state index contributed by atoms with van der Waals surface area (Å²) in [6.07, 6.45) is 14.1. The number of likely N-dealkylation sites (tertiary alicyclic amines) is 1. The zero-order valence-electron chi connectivity index (χ0n) is 31.5. The topological polar surface area (TPSA) is 129 Å². The van der Waals surface area contributed by atoms with E-state index >= 15 is 4.39 Å². The molecule has 2 aliphatic heterocycles. The van der Waals surface area contributed by atoms with Crippen LogP contribution in [-0.2, 0) is 28.7 Å². The second kappa shape index (κ2) is 19.5. The van der Waals surface area contributed by atoms with Crippen LogP contribution in [0.2, 0.25) is 0 Å². The quantitative estimate of drug-likeness (QED) is 0.199. The van der Waals surface area contributed by atoms with E-state index in [0.717, 1.165) is 12.8 Å². The SMILES string of the molecule is CC[C@H](C)[C@@H]([C@@H](CC(=O)N1CCC[C@H]1[C@H](OC)[C@@H](C)C(=O)NCCC1C=CC=CC=C1)OC)N(C)C(=O)[C@@H](NC(=O)[C@]1(F)CCNC1)C(C)C. The molecule has 0 bridgehead atoms. The van der Waals surface area contributed by atoms with E-state index in [-0.39, 0.29) is 60.9 Å². The number of rotatable bonds is 18. The summed E-state index contributed by atoms with van der Waals surface area (Å²) in [4.78, 5) is 57.7. The van der Waals surface area contributed by atoms with Gasteiger partial charge in [0.1, 0.15) is 6.04 Å². The highest BCUT2D eigenvalue weighted by atomic mass is 19.1. The van der Waals surface area contributed by atoms with Crippen molar-refractivity contribution >= 4 is 23.6 Å². The number of ether oxygens (including phenoxy) is 2. The number of likely N-dealkylation sites (N-methyl/N-ethyl adjacent to an activating group) is 1. The Hall–Kier alpha value is -3.09. The Kier molecular flexibility index (Phi) is 16.1. The first-order valence-electron chi connectivity index (χ1n) is 18.4. The average Bonchev–Trinajstić information content (AvgIpc) is 3.69. The first-order valence-corrected chi connectivity index (χ1v) is 18.4. The maximum Gasteiger partial charge on any atom is 0.259 e. The number of hydrogen-bond acceptors (Lipinski definition) is 7. The van der Waals surface area contributed by atoms with E-state index in [9.17, 15) is 19.2 Å². The van der Waals surface area contributed by atoms with Crippen molar-refractivity contribution < 1.29 is 33.0 Å². The minimum absolute atomic E-state index is 0.0197. The molecular weight excluding hydrogens is 641 g/mol. The van der Waals surface area contributed by atoms with Crippen LogP contribution in [0.5, 0.6) is 0 Å². The van der Waals surface area contributed by atoms with Crippen molar-refractivity contribution in [1.82, 2.24) is 25.8 Å². The summed E-state index contributed by atoms with van der Waals surface area (Å²) in [6, 6.07) is -1.73. The number of alkyl halides is 1. The molecule has 50 heavy (non-hydrogen) atoms. The molecule has 0 aromatic heterocycles. The second-order valence-electron chi connectivity index (χ2n) is 14.6. The lowest BCUT2D eigenvalue weighted by Crippen LogP contribution is -2.59. The Morgan fingerprint density at radius 1 is 1.06 bits per heavy atom. The number of carbonyl (C=O) groups is 4. The number of halogens is 1. The number of allylic oxidation sites excluding steroid dienone is 6. The second-order valence-corrected chi connectivity index (χ2v) is 14.6. The zero-order chi connectivity index (χ0) is 37.0. The number of carbonyl (C=O) groups excluding carboxylic acids is 4. The number of hydrogen-bond donors (Lipinski definition) is 3. The number of methoxy groups -OCH3 is 2. The van der Waals surface area contributed by atoms with Crippen LogP contribution in [0.15, 0.2) is 36.5 Å². The molecule has 4 amide bonds. The van der Waals surface area contributed by atoms with E-state index in [4.69, 9.17) is 9.47 Å². The lowest BCUT2D eigenvalue weighted by atomic mass is 9.89. The normalized spacial score (nSPS) is 24.4. The lowest BCUT2D eigenvalue weighted by molar-refractivity contribution is -0.148. The summed E-state index contributed by atoms with van der Waals surface area (Å²) < 4.78 is 27.1. The van der Waals surface area contributed by atoms with Crippen LogP contribution in [0.3, 0.4) is 0 Å². The van der Waals surface area contributed by atoms with Crippen molar-refractivity contribution in [2.24, 2.45) is 23.7 Å². The fourth-order valence-electron chi connectivity index (χ4n) is 7.49. The summed E-state index contributed by atoms with van der Waals surface area (Å²) in [7, 11) is 4.79. The molecule has 0 aromatic rings. The molecule has 282 valence electrons. The van der Waals surface area contributed by atoms with Gasteiger partial charge >= 0.3 is 0 Å². The fourth-order valence-corrected chi connectivity index (χ4v) is 7.49. The van der Waals surface area contributed by atoms with Crippen molar-refractivity contribution in [2.75, 3.05) is 47.4 Å². The molecule has 3 aliphatic rings. The highest BCUT2D eigenvalue weighted by Gasteiger charge is 2.45. The molecule has 0 spiro atoms. The molecule has 0 unspecified atom stereocenters. The molecule has 3 rings (SSSR count). The largest absolute Gasteiger partial charge is 0.379 e. The van der Waals surface area contributed by atoms with Crippen LogP contribution >= 0.6 is 0 Å². The molecule has 0 radical (unpaired) electrons. The first-order chi connectivity index (χ1) is 23.8. The van der Waals surface area contributed by atoms with Gasteiger partial charge in [-0.2, -0.15) is 0 Å². The highest BCUT2D eigenvalue weighted by molar-refractivity contribution is 5.92. The van der Waals surface area contributed by atoms with E-state index in [1.165, 1.54) is 7.11 Å². The van der Waals surface area contributed by atoms with Gasteiger partial charge in [-0.05, 0) is 43.6 Å². The van der Waals surface area contributed by atoms with E-state index in [0.29, 0.717) is 32.5 Å². The standard InChI is InChI=1S/C38H62FN5O6/c1-9-26(4)33(43(6)36(47)32(25(2)3)42-37(48)38(39)19-21-40-24-38)30(49-7)23-31(45)44-22-14-17-29(44)34(50-8)27(5)35(46)41-20-18-28-15-12-10-11-13-16-28/h10-13,15-16,25-30,32-34,40H,9,14,17-24H2,1-8H3,(H,41,46)(H,42,48)/t26-,27+,29-,30+,32-,33-,34+,38-/m0/s1. The van der Waals surface area contributed by atoms with E-state index in [1.54, 1.807) is 24.0 Å². The summed E-state index contributed by atoms with van der Waals surface area (Å²) >= 11 is 0. The lowest BCUT2D eigenvalue weighted by Gasteiger charge is -2.41. The van der Waals surface area contributed by atoms with Crippen molar-refractivity contribution in [3.8, 4) is 0 Å². The van der Waals surface area contributed by atoms with Gasteiger partial charge in [0.25, 0.3) is 5.91 Å². The average molecular weight is 704 g/mol. The predicted octanol–water partition coefficient (Wildman–Crippen LogP) is 3.55. The first kappa shape index (κ1) is 41.3. The Morgan fingerprint density at radius 3 is 2.30 bits per heavy atom. The fraction of sp³-hybridized carbons (Fsp3) is 0.737. The van der Waals surface area contributed by atoms with E-state index in [2.05, 4.69) is 28.1 Å². The Morgan fingerprint density at radius 2 is 1.74 bits per heavy atom. The van der Waals surface area contributed by atoms with Crippen molar-refractivity contribution in [3.63, 3.8) is 0 Å². The van der Waals surface area contributed by atoms with Crippen LogP contribution in [0.25, 0.3) is 0 Å². The third-order valence-electron chi connectivity index (χ3n) is 10.8. The minimum atomic E-state index is -2.06. The minimum Gasteiger partial charge on any atom is -0.379 e. The van der Waals surface area contributed by atoms with Gasteiger partial charge in [-0.25, -0.2) is 4.39 Å². The van der Waals surface area contributed by atoms with Gasteiger partial charge in [-0.15, -0.1) is 0 Å². The van der Waals surface area contributed by atoms with Crippen LogP contribution in [0.1, 0.15) is 73.1 Å². The van der Waals surface area contributed by atoms with Crippen LogP contribution in [-0.4, -0.2) is 117 Å². The smallest absolute Gasteiger partial charge is 0.259 e. The summed E-state index contributed by atoms with van der Waals surface area (Å²) in [5.74, 6) is -1.99. The zero-order valence-corrected chi connectivity index (χ0v) is 31.5. The molecule has 2 saturated heterocycles. The van der Waals surface area contributed by atoms with Crippen molar-refractivity contribution in [1.29, 1.82) is 0 Å². The predicted molar refractivity (Wildman–Crippen MR) is 193 cm³/mol. The van der Waals surface area contributed by atoms with Gasteiger partial charge in [0, 0.05) is 47.3 Å². The Bertz CT molecular complexity index is 1220. The third-order valence-corrected chi connectivity index (χ3v) is 10.8. The van der Waals surface area contributed by atoms with Gasteiger partial charge in [-0.3, -0.25) is 19.2 Å². The molecule has 0 aromatic carbocycles. The summed E-state index contributed by atoms with van der Waals surface area (Å²) in [5.41, 5.74) is -2.06. The Labute approximate surface area is 298 Å². The van der Waals surface area contributed by atoms with Crippen molar-refractivity contribution in [2.45, 2.75) is 109 Å². The van der Waals surface area contributed by atoms with Gasteiger partial charge in [0.05, 0.1) is 36.6 Å². The van der Waals surface area contributed by atoms with Gasteiger partial charge in [0.15, 0.2) is 0 Å². The maximum atomic E-state index is 15.3. The molecular formula is C38H62FN5O6. The molecule has 12 heteroatoms. The van der Waals surface area contributed by atoms with E-state index < -0.39 is 41.8 Å². The van der Waals surface area contributed by atoms with Crippen LogP contribution in [0.4, 0.5) is 4.39 Å². The maximum absolute atomic E-state index is 15.3. The van der Waals surface area contributed by atoms with Gasteiger partial charge < -0.3 is 35.2 Å². The van der Waals surface area contributed by atoms with Crippen LogP contribution in [0, 0.1) is 23.7 Å². The number of amides is 4. The Balaban J connectivity index is 1.70. The van der Waals surface area contributed by atoms with Gasteiger partial charge in [-0.1, -0.05) is 77.5 Å². The molecule has 0 saturated carbocycles. The molecule has 3 N–H and O–H groups in total. The van der Waals surface area contributed by atoms with Crippen LogP contribution < -0.4 is 16.0 Å². The van der Waals surface area contributed by atoms with Crippen molar-refractivity contribution in [3.05, 3.63) is 36.5 Å². The number of nitrogens with one attached hydrogen (secondary N) is 3. The summed E-state index contributed by atoms with van der Waals surface area (Å²) in [6.45, 7) is 10.9. The molecule has 2 fully saturated rings. The monoisotopic (exact) mass is 703 g/mol. The molecule has 11 nitrogen and oxygen atoms in total. The molecule has 2 heterocycles. The summed E-state index contributed by atoms with van der Waals surface area (Å²) in [5, 5.41) is 8.63. The molecule has 8 atom stereocenters. The molecule has 1 aliphatic carbocycles. The highest BCUT2D eigenvalue weighted by Crippen LogP contribution is 2.30.